The molecular weight excluding hydrogens is 311 g/mol. The number of rotatable bonds is 4. The van der Waals surface area contributed by atoms with E-state index in [4.69, 9.17) is 11.6 Å². The third-order valence-electron chi connectivity index (χ3n) is 4.67. The maximum atomic E-state index is 13.0. The van der Waals surface area contributed by atoms with Crippen LogP contribution in [0.1, 0.15) is 24.1 Å². The molecule has 122 valence electrons. The predicted octanol–water partition coefficient (Wildman–Crippen LogP) is 4.45. The largest absolute Gasteiger partial charge is 0.369 e. The molecule has 2 aromatic carbocycles. The van der Waals surface area contributed by atoms with Crippen LogP contribution < -0.4 is 4.90 Å². The van der Waals surface area contributed by atoms with Crippen LogP contribution in [0.25, 0.3) is 0 Å². The average molecular weight is 333 g/mol. The minimum atomic E-state index is -0.179. The van der Waals surface area contributed by atoms with E-state index in [9.17, 15) is 4.39 Å². The van der Waals surface area contributed by atoms with E-state index in [-0.39, 0.29) is 5.82 Å². The summed E-state index contributed by atoms with van der Waals surface area (Å²) >= 11 is 5.85. The number of hydrogen-bond donors (Lipinski definition) is 0. The summed E-state index contributed by atoms with van der Waals surface area (Å²) in [5, 5.41) is 0. The van der Waals surface area contributed by atoms with Gasteiger partial charge in [-0.2, -0.15) is 0 Å². The summed E-state index contributed by atoms with van der Waals surface area (Å²) in [5.74, 6) is 0.381. The Bertz CT molecular complexity index is 619. The van der Waals surface area contributed by atoms with Crippen LogP contribution in [-0.4, -0.2) is 31.1 Å². The van der Waals surface area contributed by atoms with Crippen LogP contribution in [0.3, 0.4) is 0 Å². The van der Waals surface area contributed by atoms with Crippen LogP contribution in [0.2, 0.25) is 0 Å². The molecule has 2 aromatic rings. The van der Waals surface area contributed by atoms with Crippen molar-refractivity contribution in [1.82, 2.24) is 4.90 Å². The maximum absolute atomic E-state index is 13.0. The number of halogens is 2. The SMILES string of the molecule is C[C@@H](c1ccc(CCl)cc1)N1CCN(c2ccc(F)cc2)CC1. The lowest BCUT2D eigenvalue weighted by Gasteiger charge is -2.39. The molecule has 0 aromatic heterocycles. The molecule has 1 aliphatic rings. The molecule has 2 nitrogen and oxygen atoms in total. The Morgan fingerprint density at radius 2 is 1.57 bits per heavy atom. The van der Waals surface area contributed by atoms with Crippen molar-refractivity contribution in [2.45, 2.75) is 18.8 Å². The molecule has 1 aliphatic heterocycles. The van der Waals surface area contributed by atoms with E-state index in [0.717, 1.165) is 37.4 Å². The molecule has 0 amide bonds. The Hall–Kier alpha value is -1.58. The van der Waals surface area contributed by atoms with Crippen LogP contribution in [0.15, 0.2) is 48.5 Å². The first-order valence-corrected chi connectivity index (χ1v) is 8.60. The fraction of sp³-hybridized carbons (Fsp3) is 0.368. The monoisotopic (exact) mass is 332 g/mol. The van der Waals surface area contributed by atoms with Crippen LogP contribution >= 0.6 is 11.6 Å². The lowest BCUT2D eigenvalue weighted by atomic mass is 10.0. The first-order chi connectivity index (χ1) is 11.2. The quantitative estimate of drug-likeness (QED) is 0.763. The number of hydrogen-bond acceptors (Lipinski definition) is 2. The smallest absolute Gasteiger partial charge is 0.123 e. The summed E-state index contributed by atoms with van der Waals surface area (Å²) in [6.45, 7) is 6.21. The van der Waals surface area contributed by atoms with Gasteiger partial charge in [-0.1, -0.05) is 24.3 Å². The molecule has 0 aliphatic carbocycles. The average Bonchev–Trinajstić information content (AvgIpc) is 2.62. The van der Waals surface area contributed by atoms with Crippen LogP contribution in [-0.2, 0) is 5.88 Å². The molecule has 4 heteroatoms. The van der Waals surface area contributed by atoms with E-state index >= 15 is 0 Å². The zero-order chi connectivity index (χ0) is 16.2. The van der Waals surface area contributed by atoms with Crippen molar-refractivity contribution in [2.75, 3.05) is 31.1 Å². The van der Waals surface area contributed by atoms with E-state index in [1.807, 2.05) is 12.1 Å². The highest BCUT2D eigenvalue weighted by Crippen LogP contribution is 2.24. The van der Waals surface area contributed by atoms with E-state index in [0.29, 0.717) is 11.9 Å². The molecule has 0 unspecified atom stereocenters. The van der Waals surface area contributed by atoms with Crippen molar-refractivity contribution < 1.29 is 4.39 Å². The molecule has 1 atom stereocenters. The van der Waals surface area contributed by atoms with Crippen LogP contribution in [0.5, 0.6) is 0 Å². The van der Waals surface area contributed by atoms with Gasteiger partial charge in [-0.05, 0) is 42.3 Å². The van der Waals surface area contributed by atoms with Crippen molar-refractivity contribution in [3.05, 3.63) is 65.5 Å². The molecule has 0 saturated carbocycles. The van der Waals surface area contributed by atoms with Crippen molar-refractivity contribution in [3.63, 3.8) is 0 Å². The molecule has 23 heavy (non-hydrogen) atoms. The van der Waals surface area contributed by atoms with Gasteiger partial charge in [0.25, 0.3) is 0 Å². The number of nitrogens with zero attached hydrogens (tertiary/aromatic N) is 2. The topological polar surface area (TPSA) is 6.48 Å². The van der Waals surface area contributed by atoms with Gasteiger partial charge in [0.2, 0.25) is 0 Å². The Morgan fingerprint density at radius 1 is 0.957 bits per heavy atom. The normalized spacial score (nSPS) is 17.3. The number of piperazine rings is 1. The fourth-order valence-corrected chi connectivity index (χ4v) is 3.29. The van der Waals surface area contributed by atoms with Crippen LogP contribution in [0, 0.1) is 5.82 Å². The van der Waals surface area contributed by atoms with Crippen molar-refractivity contribution in [1.29, 1.82) is 0 Å². The maximum Gasteiger partial charge on any atom is 0.123 e. The molecule has 0 spiro atoms. The highest BCUT2D eigenvalue weighted by Gasteiger charge is 2.22. The predicted molar refractivity (Wildman–Crippen MR) is 94.6 cm³/mol. The Morgan fingerprint density at radius 3 is 2.13 bits per heavy atom. The standard InChI is InChI=1S/C19H22ClFN2/c1-15(17-4-2-16(14-20)3-5-17)22-10-12-23(13-11-22)19-8-6-18(21)7-9-19/h2-9,15H,10-14H2,1H3/t15-/m0/s1. The highest BCUT2D eigenvalue weighted by molar-refractivity contribution is 6.17. The summed E-state index contributed by atoms with van der Waals surface area (Å²) in [6.07, 6.45) is 0. The Kier molecular flexibility index (Phi) is 5.19. The van der Waals surface area contributed by atoms with Crippen molar-refractivity contribution in [3.8, 4) is 0 Å². The van der Waals surface area contributed by atoms with Gasteiger partial charge < -0.3 is 4.90 Å². The second-order valence-electron chi connectivity index (χ2n) is 6.05. The third-order valence-corrected chi connectivity index (χ3v) is 4.98. The second-order valence-corrected chi connectivity index (χ2v) is 6.32. The zero-order valence-corrected chi connectivity index (χ0v) is 14.1. The van der Waals surface area contributed by atoms with E-state index < -0.39 is 0 Å². The van der Waals surface area contributed by atoms with Crippen molar-refractivity contribution in [2.24, 2.45) is 0 Å². The minimum absolute atomic E-state index is 0.179. The summed E-state index contributed by atoms with van der Waals surface area (Å²) < 4.78 is 13.0. The first-order valence-electron chi connectivity index (χ1n) is 8.07. The Balaban J connectivity index is 1.60. The van der Waals surface area contributed by atoms with Gasteiger partial charge in [0.05, 0.1) is 0 Å². The van der Waals surface area contributed by atoms with Gasteiger partial charge in [-0.15, -0.1) is 11.6 Å². The second kappa shape index (κ2) is 7.33. The molecule has 1 saturated heterocycles. The van der Waals surface area contributed by atoms with Crippen molar-refractivity contribution >= 4 is 17.3 Å². The lowest BCUT2D eigenvalue weighted by Crippen LogP contribution is -2.47. The molecule has 3 rings (SSSR count). The van der Waals surface area contributed by atoms with Crippen LogP contribution in [0.4, 0.5) is 10.1 Å². The summed E-state index contributed by atoms with van der Waals surface area (Å²) in [6, 6.07) is 15.7. The van der Waals surface area contributed by atoms with Gasteiger partial charge in [0.1, 0.15) is 5.82 Å². The number of benzene rings is 2. The number of alkyl halides is 1. The lowest BCUT2D eigenvalue weighted by molar-refractivity contribution is 0.198. The molecule has 0 bridgehead atoms. The van der Waals surface area contributed by atoms with E-state index in [2.05, 4.69) is 41.0 Å². The first kappa shape index (κ1) is 16.3. The van der Waals surface area contributed by atoms with E-state index in [1.54, 1.807) is 0 Å². The van der Waals surface area contributed by atoms with Gasteiger partial charge in [0.15, 0.2) is 0 Å². The third kappa shape index (κ3) is 3.85. The molecule has 0 N–H and O–H groups in total. The zero-order valence-electron chi connectivity index (χ0n) is 13.4. The van der Waals surface area contributed by atoms with Gasteiger partial charge in [-0.25, -0.2) is 4.39 Å². The fourth-order valence-electron chi connectivity index (χ4n) is 3.12. The summed E-state index contributed by atoms with van der Waals surface area (Å²) in [5.41, 5.74) is 3.59. The van der Waals surface area contributed by atoms with Gasteiger partial charge in [-0.3, -0.25) is 4.90 Å². The highest BCUT2D eigenvalue weighted by atomic mass is 35.5. The Labute approximate surface area is 142 Å². The summed E-state index contributed by atoms with van der Waals surface area (Å²) in [7, 11) is 0. The molecule has 1 fully saturated rings. The number of anilines is 1. The van der Waals surface area contributed by atoms with Gasteiger partial charge >= 0.3 is 0 Å². The molecular formula is C19H22ClFN2. The van der Waals surface area contributed by atoms with Gasteiger partial charge in [0, 0.05) is 43.8 Å². The molecule has 0 radical (unpaired) electrons. The minimum Gasteiger partial charge on any atom is -0.369 e. The summed E-state index contributed by atoms with van der Waals surface area (Å²) in [4.78, 5) is 4.81. The molecule has 1 heterocycles. The van der Waals surface area contributed by atoms with E-state index in [1.165, 1.54) is 17.7 Å².